The number of benzene rings is 1. The van der Waals surface area contributed by atoms with Crippen molar-refractivity contribution in [1.82, 2.24) is 19.6 Å². The first-order valence-electron chi connectivity index (χ1n) is 11.0. The maximum absolute atomic E-state index is 13.9. The van der Waals surface area contributed by atoms with Gasteiger partial charge in [-0.1, -0.05) is 12.1 Å². The minimum Gasteiger partial charge on any atom is -0.497 e. The molecule has 1 aromatic carbocycles. The number of alkyl halides is 3. The van der Waals surface area contributed by atoms with E-state index in [4.69, 9.17) is 9.47 Å². The number of fused-ring (bicyclic) bond motifs is 1. The van der Waals surface area contributed by atoms with Crippen LogP contribution in [0.3, 0.4) is 0 Å². The first-order valence-corrected chi connectivity index (χ1v) is 11.0. The zero-order chi connectivity index (χ0) is 24.5. The fourth-order valence-electron chi connectivity index (χ4n) is 4.20. The number of ether oxygens (including phenoxy) is 2. The molecule has 0 saturated carbocycles. The molecule has 2 amide bonds. The number of aromatic nitrogens is 2. The Labute approximate surface area is 194 Å². The van der Waals surface area contributed by atoms with Gasteiger partial charge < -0.3 is 24.6 Å². The van der Waals surface area contributed by atoms with Crippen LogP contribution in [0.15, 0.2) is 30.3 Å². The summed E-state index contributed by atoms with van der Waals surface area (Å²) in [5, 5.41) is 7.12. The molecule has 34 heavy (non-hydrogen) atoms. The summed E-state index contributed by atoms with van der Waals surface area (Å²) in [5.74, 6) is 0.255. The molecule has 184 valence electrons. The van der Waals surface area contributed by atoms with Crippen molar-refractivity contribution < 1.29 is 32.2 Å². The number of halogens is 3. The van der Waals surface area contributed by atoms with Crippen molar-refractivity contribution in [1.29, 1.82) is 0 Å². The number of nitrogens with one attached hydrogen (secondary N) is 1. The molecule has 1 aromatic heterocycles. The lowest BCUT2D eigenvalue weighted by atomic mass is 9.97. The van der Waals surface area contributed by atoms with E-state index >= 15 is 0 Å². The summed E-state index contributed by atoms with van der Waals surface area (Å²) in [7, 11) is 1.52. The summed E-state index contributed by atoms with van der Waals surface area (Å²) in [6.45, 7) is 3.00. The molecule has 1 saturated heterocycles. The maximum atomic E-state index is 13.9. The molecule has 0 aliphatic carbocycles. The number of piperazine rings is 1. The fraction of sp³-hybridized carbons (Fsp3) is 0.500. The standard InChI is InChI=1S/C22H26F3N5O4/c1-3-34-21(32)29-10-8-28(9-11-29)20(31)17-13-19-26-16(14-4-6-15(33-2)7-5-14)12-18(22(23,24)25)30(19)27-17/h4-7,13,16,18,26H,3,8-12H2,1-2H3. The largest absolute Gasteiger partial charge is 0.497 e. The minimum absolute atomic E-state index is 0.0725. The Morgan fingerprint density at radius 2 is 1.76 bits per heavy atom. The Balaban J connectivity index is 1.53. The maximum Gasteiger partial charge on any atom is 0.410 e. The van der Waals surface area contributed by atoms with Crippen molar-refractivity contribution >= 4 is 17.8 Å². The van der Waals surface area contributed by atoms with Gasteiger partial charge in [-0.2, -0.15) is 18.3 Å². The summed E-state index contributed by atoms with van der Waals surface area (Å²) in [5.41, 5.74) is 0.599. The second kappa shape index (κ2) is 9.43. The number of amides is 2. The zero-order valence-corrected chi connectivity index (χ0v) is 18.8. The lowest BCUT2D eigenvalue weighted by Gasteiger charge is -2.33. The predicted molar refractivity (Wildman–Crippen MR) is 116 cm³/mol. The smallest absolute Gasteiger partial charge is 0.410 e. The van der Waals surface area contributed by atoms with Gasteiger partial charge in [-0.05, 0) is 24.6 Å². The topological polar surface area (TPSA) is 88.9 Å². The van der Waals surface area contributed by atoms with Crippen LogP contribution in [0.1, 0.15) is 41.5 Å². The molecule has 1 N–H and O–H groups in total. The van der Waals surface area contributed by atoms with Crippen LogP contribution in [0.5, 0.6) is 5.75 Å². The zero-order valence-electron chi connectivity index (χ0n) is 18.8. The van der Waals surface area contributed by atoms with Gasteiger partial charge in [0.25, 0.3) is 5.91 Å². The van der Waals surface area contributed by atoms with E-state index in [1.165, 1.54) is 23.0 Å². The van der Waals surface area contributed by atoms with Gasteiger partial charge in [-0.25, -0.2) is 9.48 Å². The third-order valence-corrected chi connectivity index (χ3v) is 6.02. The molecule has 2 aliphatic heterocycles. The van der Waals surface area contributed by atoms with Gasteiger partial charge in [0, 0.05) is 38.7 Å². The van der Waals surface area contributed by atoms with Crippen LogP contribution >= 0.6 is 0 Å². The second-order valence-corrected chi connectivity index (χ2v) is 8.10. The molecule has 1 fully saturated rings. The Bertz CT molecular complexity index is 1030. The molecule has 0 radical (unpaired) electrons. The number of anilines is 1. The van der Waals surface area contributed by atoms with Crippen LogP contribution in [0, 0.1) is 0 Å². The molecule has 2 unspecified atom stereocenters. The highest BCUT2D eigenvalue weighted by atomic mass is 19.4. The molecular weight excluding hydrogens is 455 g/mol. The van der Waals surface area contributed by atoms with Gasteiger partial charge in [0.2, 0.25) is 0 Å². The molecule has 0 bridgehead atoms. The van der Waals surface area contributed by atoms with Crippen LogP contribution in [-0.2, 0) is 4.74 Å². The van der Waals surface area contributed by atoms with E-state index in [1.807, 2.05) is 0 Å². The molecule has 9 nitrogen and oxygen atoms in total. The Hall–Kier alpha value is -3.44. The molecule has 12 heteroatoms. The lowest BCUT2D eigenvalue weighted by Crippen LogP contribution is -2.50. The summed E-state index contributed by atoms with van der Waals surface area (Å²) in [4.78, 5) is 27.8. The van der Waals surface area contributed by atoms with Crippen molar-refractivity contribution in [2.45, 2.75) is 31.6 Å². The van der Waals surface area contributed by atoms with E-state index in [9.17, 15) is 22.8 Å². The number of carbonyl (C=O) groups excluding carboxylic acids is 2. The highest BCUT2D eigenvalue weighted by Crippen LogP contribution is 2.43. The number of carbonyl (C=O) groups is 2. The quantitative estimate of drug-likeness (QED) is 0.720. The minimum atomic E-state index is -4.54. The van der Waals surface area contributed by atoms with E-state index in [0.29, 0.717) is 11.3 Å². The average molecular weight is 481 g/mol. The summed E-state index contributed by atoms with van der Waals surface area (Å²) < 4.78 is 52.7. The highest BCUT2D eigenvalue weighted by molar-refractivity contribution is 5.93. The lowest BCUT2D eigenvalue weighted by molar-refractivity contribution is -0.173. The number of methoxy groups -OCH3 is 1. The van der Waals surface area contributed by atoms with Gasteiger partial charge in [0.1, 0.15) is 11.6 Å². The third-order valence-electron chi connectivity index (χ3n) is 6.02. The first-order chi connectivity index (χ1) is 16.2. The third kappa shape index (κ3) is 4.75. The van der Waals surface area contributed by atoms with Crippen molar-refractivity contribution in [2.24, 2.45) is 0 Å². The SMILES string of the molecule is CCOC(=O)N1CCN(C(=O)c2cc3n(n2)C(C(F)(F)F)CC(c2ccc(OC)cc2)N3)CC1. The van der Waals surface area contributed by atoms with Gasteiger partial charge in [0.05, 0.1) is 19.8 Å². The Morgan fingerprint density at radius 1 is 1.12 bits per heavy atom. The normalized spacial score (nSPS) is 20.4. The van der Waals surface area contributed by atoms with Gasteiger partial charge in [-0.15, -0.1) is 0 Å². The van der Waals surface area contributed by atoms with E-state index in [2.05, 4.69) is 10.4 Å². The van der Waals surface area contributed by atoms with E-state index in [1.54, 1.807) is 31.2 Å². The van der Waals surface area contributed by atoms with Crippen molar-refractivity contribution in [3.05, 3.63) is 41.6 Å². The number of rotatable bonds is 4. The molecule has 3 heterocycles. The monoisotopic (exact) mass is 481 g/mol. The van der Waals surface area contributed by atoms with Gasteiger partial charge in [0.15, 0.2) is 11.7 Å². The van der Waals surface area contributed by atoms with E-state index in [-0.39, 0.29) is 50.7 Å². The first kappa shape index (κ1) is 23.7. The van der Waals surface area contributed by atoms with Crippen LogP contribution in [-0.4, -0.2) is 77.7 Å². The van der Waals surface area contributed by atoms with Crippen LogP contribution < -0.4 is 10.1 Å². The number of hydrogen-bond donors (Lipinski definition) is 1. The second-order valence-electron chi connectivity index (χ2n) is 8.10. The van der Waals surface area contributed by atoms with Gasteiger partial charge in [-0.3, -0.25) is 4.79 Å². The molecule has 2 atom stereocenters. The van der Waals surface area contributed by atoms with Gasteiger partial charge >= 0.3 is 12.3 Å². The molecule has 4 rings (SSSR count). The number of nitrogens with zero attached hydrogens (tertiary/aromatic N) is 4. The molecular formula is C22H26F3N5O4. The van der Waals surface area contributed by atoms with Crippen LogP contribution in [0.4, 0.5) is 23.8 Å². The molecule has 2 aromatic rings. The fourth-order valence-corrected chi connectivity index (χ4v) is 4.20. The highest BCUT2D eigenvalue weighted by Gasteiger charge is 2.47. The van der Waals surface area contributed by atoms with Crippen molar-refractivity contribution in [3.8, 4) is 5.75 Å². The summed E-state index contributed by atoms with van der Waals surface area (Å²) in [6, 6.07) is 5.67. The van der Waals surface area contributed by atoms with Crippen LogP contribution in [0.25, 0.3) is 0 Å². The predicted octanol–water partition coefficient (Wildman–Crippen LogP) is 3.47. The molecule has 0 spiro atoms. The van der Waals surface area contributed by atoms with Crippen molar-refractivity contribution in [2.75, 3.05) is 45.2 Å². The van der Waals surface area contributed by atoms with E-state index in [0.717, 1.165) is 4.68 Å². The summed E-state index contributed by atoms with van der Waals surface area (Å²) >= 11 is 0. The van der Waals surface area contributed by atoms with E-state index < -0.39 is 30.3 Å². The average Bonchev–Trinajstić information content (AvgIpc) is 3.26. The number of hydrogen-bond acceptors (Lipinski definition) is 6. The van der Waals surface area contributed by atoms with Crippen LogP contribution in [0.2, 0.25) is 0 Å². The Morgan fingerprint density at radius 3 is 2.35 bits per heavy atom. The Kier molecular flexibility index (Phi) is 6.58. The van der Waals surface area contributed by atoms with Crippen molar-refractivity contribution in [3.63, 3.8) is 0 Å². The molecule has 2 aliphatic rings. The summed E-state index contributed by atoms with van der Waals surface area (Å²) in [6.07, 6.45) is -5.26.